The summed E-state index contributed by atoms with van der Waals surface area (Å²) < 4.78 is 42.8. The number of halogens is 2. The molecule has 0 saturated carbocycles. The minimum atomic E-state index is -4.20. The molecule has 0 aliphatic heterocycles. The molecule has 1 N–H and O–H groups in total. The molecule has 32 heavy (non-hydrogen) atoms. The monoisotopic (exact) mass is 528 g/mol. The fraction of sp³-hybridized carbons (Fsp3) is 0.333. The molecule has 0 aliphatic carbocycles. The maximum atomic E-state index is 14.5. The number of hydrogen-bond donors (Lipinski definition) is 1. The van der Waals surface area contributed by atoms with Gasteiger partial charge < -0.3 is 10.2 Å². The van der Waals surface area contributed by atoms with Crippen LogP contribution in [0.1, 0.15) is 12.5 Å². The van der Waals surface area contributed by atoms with Crippen molar-refractivity contribution in [1.82, 2.24) is 14.5 Å². The van der Waals surface area contributed by atoms with Crippen molar-refractivity contribution in [2.24, 2.45) is 0 Å². The van der Waals surface area contributed by atoms with Gasteiger partial charge in [-0.05, 0) is 36.8 Å². The van der Waals surface area contributed by atoms with Crippen LogP contribution >= 0.6 is 15.9 Å². The quantitative estimate of drug-likeness (QED) is 0.540. The molecule has 11 heteroatoms. The fourth-order valence-corrected chi connectivity index (χ4v) is 4.26. The van der Waals surface area contributed by atoms with E-state index in [-0.39, 0.29) is 12.2 Å². The molecule has 2 amide bonds. The van der Waals surface area contributed by atoms with Crippen LogP contribution in [0.25, 0.3) is 0 Å². The molecule has 0 unspecified atom stereocenters. The SMILES string of the molecule is CNC(=O)[C@@H](C)N(Cc1ccc(Br)cc1)C(=O)CN(c1ccccc1F)S(=O)(=O)N(C)C. The van der Waals surface area contributed by atoms with Crippen molar-refractivity contribution >= 4 is 43.6 Å². The lowest BCUT2D eigenvalue weighted by atomic mass is 10.1. The van der Waals surface area contributed by atoms with E-state index in [1.165, 1.54) is 44.2 Å². The van der Waals surface area contributed by atoms with Gasteiger partial charge in [0.15, 0.2) is 0 Å². The Balaban J connectivity index is 2.45. The summed E-state index contributed by atoms with van der Waals surface area (Å²) in [6, 6.07) is 11.6. The second-order valence-electron chi connectivity index (χ2n) is 7.19. The Hall–Kier alpha value is -2.50. The minimum Gasteiger partial charge on any atom is -0.357 e. The average Bonchev–Trinajstić information content (AvgIpc) is 2.76. The molecule has 0 heterocycles. The standard InChI is InChI=1S/C21H26BrFN4O4S/c1-15(21(29)24-2)26(13-16-9-11-17(22)12-10-16)20(28)14-27(32(30,31)25(3)4)19-8-6-5-7-18(19)23/h5-12,15H,13-14H2,1-4H3,(H,24,29)/t15-/m1/s1. The van der Waals surface area contributed by atoms with E-state index in [0.29, 0.717) is 4.31 Å². The largest absolute Gasteiger partial charge is 0.357 e. The molecular weight excluding hydrogens is 503 g/mol. The van der Waals surface area contributed by atoms with Gasteiger partial charge in [0.2, 0.25) is 11.8 Å². The van der Waals surface area contributed by atoms with E-state index in [4.69, 9.17) is 0 Å². The molecule has 0 fully saturated rings. The van der Waals surface area contributed by atoms with E-state index in [9.17, 15) is 22.4 Å². The number of para-hydroxylation sites is 1. The molecule has 2 aromatic carbocycles. The smallest absolute Gasteiger partial charge is 0.304 e. The van der Waals surface area contributed by atoms with Gasteiger partial charge in [0.05, 0.1) is 5.69 Å². The molecular formula is C21H26BrFN4O4S. The highest BCUT2D eigenvalue weighted by Gasteiger charge is 2.33. The summed E-state index contributed by atoms with van der Waals surface area (Å²) in [4.78, 5) is 26.9. The Kier molecular flexibility index (Phi) is 8.76. The number of hydrogen-bond acceptors (Lipinski definition) is 4. The summed E-state index contributed by atoms with van der Waals surface area (Å²) in [6.45, 7) is 0.927. The van der Waals surface area contributed by atoms with Gasteiger partial charge in [-0.3, -0.25) is 9.59 Å². The third-order valence-electron chi connectivity index (χ3n) is 4.82. The predicted molar refractivity (Wildman–Crippen MR) is 125 cm³/mol. The molecule has 0 spiro atoms. The number of carbonyl (C=O) groups excluding carboxylic acids is 2. The molecule has 0 bridgehead atoms. The Labute approximate surface area is 196 Å². The maximum absolute atomic E-state index is 14.5. The Morgan fingerprint density at radius 1 is 1.09 bits per heavy atom. The number of likely N-dealkylation sites (N-methyl/N-ethyl adjacent to an activating group) is 1. The Morgan fingerprint density at radius 2 is 1.69 bits per heavy atom. The van der Waals surface area contributed by atoms with Crippen molar-refractivity contribution in [3.8, 4) is 0 Å². The number of nitrogens with zero attached hydrogens (tertiary/aromatic N) is 3. The van der Waals surface area contributed by atoms with E-state index >= 15 is 0 Å². The van der Waals surface area contributed by atoms with Crippen molar-refractivity contribution in [2.45, 2.75) is 19.5 Å². The topological polar surface area (TPSA) is 90.0 Å². The van der Waals surface area contributed by atoms with Gasteiger partial charge in [0.1, 0.15) is 18.4 Å². The van der Waals surface area contributed by atoms with Crippen molar-refractivity contribution in [1.29, 1.82) is 0 Å². The van der Waals surface area contributed by atoms with Gasteiger partial charge in [0.25, 0.3) is 0 Å². The fourth-order valence-electron chi connectivity index (χ4n) is 2.93. The van der Waals surface area contributed by atoms with Crippen molar-refractivity contribution in [3.63, 3.8) is 0 Å². The van der Waals surface area contributed by atoms with E-state index in [1.54, 1.807) is 31.2 Å². The molecule has 0 radical (unpaired) electrons. The summed E-state index contributed by atoms with van der Waals surface area (Å²) >= 11 is 3.35. The van der Waals surface area contributed by atoms with Crippen molar-refractivity contribution in [3.05, 3.63) is 64.4 Å². The molecule has 0 saturated heterocycles. The zero-order valence-corrected chi connectivity index (χ0v) is 20.7. The van der Waals surface area contributed by atoms with Crippen LogP contribution in [0, 0.1) is 5.82 Å². The number of carbonyl (C=O) groups is 2. The molecule has 2 aromatic rings. The van der Waals surface area contributed by atoms with Gasteiger partial charge >= 0.3 is 10.2 Å². The van der Waals surface area contributed by atoms with E-state index in [0.717, 1.165) is 20.4 Å². The lowest BCUT2D eigenvalue weighted by Gasteiger charge is -2.32. The van der Waals surface area contributed by atoms with Gasteiger partial charge in [-0.2, -0.15) is 12.7 Å². The van der Waals surface area contributed by atoms with Crippen LogP contribution in [0.4, 0.5) is 10.1 Å². The third-order valence-corrected chi connectivity index (χ3v) is 7.15. The third kappa shape index (κ3) is 6.05. The van der Waals surface area contributed by atoms with E-state index < -0.39 is 40.4 Å². The van der Waals surface area contributed by atoms with Gasteiger partial charge in [-0.1, -0.05) is 40.2 Å². The summed E-state index contributed by atoms with van der Waals surface area (Å²) in [5, 5.41) is 2.50. The first-order valence-corrected chi connectivity index (χ1v) is 11.9. The lowest BCUT2D eigenvalue weighted by Crippen LogP contribution is -2.52. The highest BCUT2D eigenvalue weighted by molar-refractivity contribution is 9.10. The van der Waals surface area contributed by atoms with Gasteiger partial charge in [-0.25, -0.2) is 8.70 Å². The highest BCUT2D eigenvalue weighted by atomic mass is 79.9. The maximum Gasteiger partial charge on any atom is 0.304 e. The van der Waals surface area contributed by atoms with Crippen molar-refractivity contribution in [2.75, 3.05) is 32.0 Å². The van der Waals surface area contributed by atoms with Crippen LogP contribution in [0.2, 0.25) is 0 Å². The van der Waals surface area contributed by atoms with Gasteiger partial charge in [0, 0.05) is 32.2 Å². The Morgan fingerprint density at radius 3 is 2.22 bits per heavy atom. The zero-order valence-electron chi connectivity index (χ0n) is 18.2. The number of anilines is 1. The average molecular weight is 529 g/mol. The number of nitrogens with one attached hydrogen (secondary N) is 1. The molecule has 0 aromatic heterocycles. The molecule has 174 valence electrons. The van der Waals surface area contributed by atoms with Crippen LogP contribution in [-0.2, 0) is 26.3 Å². The van der Waals surface area contributed by atoms with Gasteiger partial charge in [-0.15, -0.1) is 0 Å². The predicted octanol–water partition coefficient (Wildman–Crippen LogP) is 2.36. The van der Waals surface area contributed by atoms with E-state index in [1.807, 2.05) is 0 Å². The van der Waals surface area contributed by atoms with E-state index in [2.05, 4.69) is 21.2 Å². The summed E-state index contributed by atoms with van der Waals surface area (Å²) in [7, 11) is -0.169. The van der Waals surface area contributed by atoms with Crippen LogP contribution in [0.5, 0.6) is 0 Å². The summed E-state index contributed by atoms with van der Waals surface area (Å²) in [5.74, 6) is -1.86. The molecule has 0 aliphatic rings. The zero-order chi connectivity index (χ0) is 24.1. The normalized spacial score (nSPS) is 12.3. The number of benzene rings is 2. The first-order valence-electron chi connectivity index (χ1n) is 9.69. The number of rotatable bonds is 9. The Bertz CT molecular complexity index is 1060. The number of amides is 2. The first-order chi connectivity index (χ1) is 15.0. The molecule has 2 rings (SSSR count). The summed E-state index contributed by atoms with van der Waals surface area (Å²) in [6.07, 6.45) is 0. The van der Waals surface area contributed by atoms with Crippen molar-refractivity contribution < 1.29 is 22.4 Å². The molecule has 1 atom stereocenters. The van der Waals surface area contributed by atoms with Crippen LogP contribution < -0.4 is 9.62 Å². The highest BCUT2D eigenvalue weighted by Crippen LogP contribution is 2.24. The second kappa shape index (κ2) is 10.9. The minimum absolute atomic E-state index is 0.0633. The second-order valence-corrected chi connectivity index (χ2v) is 10.2. The first kappa shape index (κ1) is 25.8. The lowest BCUT2D eigenvalue weighted by molar-refractivity contribution is -0.139. The van der Waals surface area contributed by atoms with Crippen LogP contribution in [0.15, 0.2) is 53.0 Å². The van der Waals surface area contributed by atoms with Crippen LogP contribution in [0.3, 0.4) is 0 Å². The van der Waals surface area contributed by atoms with Crippen LogP contribution in [-0.4, -0.2) is 63.2 Å². The summed E-state index contributed by atoms with van der Waals surface area (Å²) in [5.41, 5.74) is 0.482. The molecule has 8 nitrogen and oxygen atoms in total.